The fourth-order valence-electron chi connectivity index (χ4n) is 4.72. The number of rotatable bonds is 5. The first kappa shape index (κ1) is 20.5. The predicted molar refractivity (Wildman–Crippen MR) is 118 cm³/mol. The number of hydrogen-bond donors (Lipinski definition) is 0. The Morgan fingerprint density at radius 3 is 2.61 bits per heavy atom. The van der Waals surface area contributed by atoms with Gasteiger partial charge in [0.15, 0.2) is 11.6 Å². The van der Waals surface area contributed by atoms with Crippen LogP contribution in [0.25, 0.3) is 0 Å². The number of amides is 1. The van der Waals surface area contributed by atoms with Gasteiger partial charge in [-0.2, -0.15) is 0 Å². The van der Waals surface area contributed by atoms with Gasteiger partial charge in [0.1, 0.15) is 17.4 Å². The quantitative estimate of drug-likeness (QED) is 0.657. The standard InChI is InChI=1S/C22H25FN3O4P/c1-28-14-6-15(23)20(17(31)7-14)13-5-19(27)26(8-13)21-16(29-2)3-4-18(24-21)25-9-22(10-25)11-30-12-22/h3-4,6-7,13H,5,8-12,31H2,1-2H3/t13-/m0/s1. The van der Waals surface area contributed by atoms with Crippen molar-refractivity contribution in [2.24, 2.45) is 5.41 Å². The maximum atomic E-state index is 14.8. The maximum absolute atomic E-state index is 14.8. The van der Waals surface area contributed by atoms with Gasteiger partial charge >= 0.3 is 0 Å². The molecule has 3 saturated heterocycles. The minimum atomic E-state index is -0.369. The van der Waals surface area contributed by atoms with E-state index in [1.54, 1.807) is 18.1 Å². The van der Waals surface area contributed by atoms with Gasteiger partial charge in [-0.3, -0.25) is 9.69 Å². The molecule has 3 fully saturated rings. The van der Waals surface area contributed by atoms with Gasteiger partial charge in [-0.1, -0.05) is 0 Å². The van der Waals surface area contributed by atoms with Crippen molar-refractivity contribution in [1.82, 2.24) is 4.98 Å². The van der Waals surface area contributed by atoms with E-state index in [9.17, 15) is 9.18 Å². The van der Waals surface area contributed by atoms with Gasteiger partial charge in [-0.15, -0.1) is 9.24 Å². The van der Waals surface area contributed by atoms with Crippen molar-refractivity contribution in [3.8, 4) is 11.5 Å². The molecule has 1 spiro atoms. The molecule has 1 aromatic heterocycles. The lowest BCUT2D eigenvalue weighted by Gasteiger charge is -2.55. The lowest BCUT2D eigenvalue weighted by atomic mass is 9.78. The van der Waals surface area contributed by atoms with Gasteiger partial charge in [0.05, 0.1) is 32.8 Å². The molecule has 5 rings (SSSR count). The highest BCUT2D eigenvalue weighted by Gasteiger charge is 2.49. The average molecular weight is 445 g/mol. The van der Waals surface area contributed by atoms with Crippen LogP contribution in [0, 0.1) is 11.2 Å². The summed E-state index contributed by atoms with van der Waals surface area (Å²) in [6.07, 6.45) is 0.212. The van der Waals surface area contributed by atoms with Crippen molar-refractivity contribution in [2.75, 3.05) is 56.9 Å². The number of nitrogens with zero attached hydrogens (tertiary/aromatic N) is 3. The Morgan fingerprint density at radius 1 is 1.23 bits per heavy atom. The number of carbonyl (C=O) groups is 1. The van der Waals surface area contributed by atoms with Crippen LogP contribution in [0.3, 0.4) is 0 Å². The number of benzene rings is 1. The van der Waals surface area contributed by atoms with Crippen LogP contribution in [0.15, 0.2) is 24.3 Å². The van der Waals surface area contributed by atoms with Crippen molar-refractivity contribution >= 4 is 32.1 Å². The molecule has 0 saturated carbocycles. The first-order valence-corrected chi connectivity index (χ1v) is 10.8. The van der Waals surface area contributed by atoms with Crippen molar-refractivity contribution < 1.29 is 23.4 Å². The van der Waals surface area contributed by atoms with Gasteiger partial charge < -0.3 is 19.1 Å². The minimum Gasteiger partial charge on any atom is -0.497 e. The van der Waals surface area contributed by atoms with E-state index >= 15 is 0 Å². The Kier molecular flexibility index (Phi) is 5.02. The normalized spacial score (nSPS) is 21.8. The van der Waals surface area contributed by atoms with E-state index < -0.39 is 0 Å². The van der Waals surface area contributed by atoms with Crippen molar-refractivity contribution in [1.29, 1.82) is 0 Å². The summed E-state index contributed by atoms with van der Waals surface area (Å²) in [6, 6.07) is 6.88. The molecule has 1 aromatic carbocycles. The molecule has 164 valence electrons. The molecular weight excluding hydrogens is 420 g/mol. The molecule has 2 aromatic rings. The largest absolute Gasteiger partial charge is 0.497 e. The van der Waals surface area contributed by atoms with Crippen LogP contribution in [0.1, 0.15) is 17.9 Å². The van der Waals surface area contributed by atoms with Crippen LogP contribution in [-0.2, 0) is 9.53 Å². The molecule has 2 atom stereocenters. The lowest BCUT2D eigenvalue weighted by molar-refractivity contribution is -0.127. The van der Waals surface area contributed by atoms with E-state index in [1.807, 2.05) is 12.1 Å². The second-order valence-corrected chi connectivity index (χ2v) is 9.18. The highest BCUT2D eigenvalue weighted by Crippen LogP contribution is 2.42. The van der Waals surface area contributed by atoms with Gasteiger partial charge in [0, 0.05) is 43.6 Å². The smallest absolute Gasteiger partial charge is 0.228 e. The highest BCUT2D eigenvalue weighted by atomic mass is 31.0. The number of ether oxygens (including phenoxy) is 3. The summed E-state index contributed by atoms with van der Waals surface area (Å²) in [4.78, 5) is 21.5. The number of methoxy groups -OCH3 is 2. The van der Waals surface area contributed by atoms with E-state index in [0.29, 0.717) is 34.7 Å². The highest BCUT2D eigenvalue weighted by molar-refractivity contribution is 7.27. The second-order valence-electron chi connectivity index (χ2n) is 8.56. The molecular formula is C22H25FN3O4P. The first-order chi connectivity index (χ1) is 14.9. The van der Waals surface area contributed by atoms with Crippen LogP contribution in [0.5, 0.6) is 11.5 Å². The predicted octanol–water partition coefficient (Wildman–Crippen LogP) is 2.10. The number of aromatic nitrogens is 1. The van der Waals surface area contributed by atoms with Crippen LogP contribution in [-0.4, -0.2) is 58.0 Å². The topological polar surface area (TPSA) is 64.1 Å². The fraction of sp³-hybridized carbons (Fsp3) is 0.455. The fourth-order valence-corrected chi connectivity index (χ4v) is 5.26. The molecule has 0 bridgehead atoms. The Labute approximate surface area is 182 Å². The van der Waals surface area contributed by atoms with Crippen molar-refractivity contribution in [3.63, 3.8) is 0 Å². The molecule has 3 aliphatic rings. The zero-order chi connectivity index (χ0) is 21.8. The van der Waals surface area contributed by atoms with E-state index in [2.05, 4.69) is 14.1 Å². The van der Waals surface area contributed by atoms with Crippen LogP contribution < -0.4 is 24.6 Å². The summed E-state index contributed by atoms with van der Waals surface area (Å²) in [7, 11) is 5.62. The first-order valence-electron chi connectivity index (χ1n) is 10.2. The number of pyridine rings is 1. The van der Waals surface area contributed by atoms with Gasteiger partial charge in [0.2, 0.25) is 5.91 Å². The summed E-state index contributed by atoms with van der Waals surface area (Å²) >= 11 is 0. The van der Waals surface area contributed by atoms with Crippen LogP contribution in [0.2, 0.25) is 0 Å². The molecule has 4 heterocycles. The Morgan fingerprint density at radius 2 is 2.00 bits per heavy atom. The molecule has 7 nitrogen and oxygen atoms in total. The molecule has 0 aliphatic carbocycles. The Balaban J connectivity index is 1.41. The number of carbonyl (C=O) groups excluding carboxylic acids is 1. The third-order valence-corrected chi connectivity index (χ3v) is 6.87. The summed E-state index contributed by atoms with van der Waals surface area (Å²) in [5.74, 6) is 1.53. The molecule has 31 heavy (non-hydrogen) atoms. The van der Waals surface area contributed by atoms with Crippen molar-refractivity contribution in [3.05, 3.63) is 35.6 Å². The van der Waals surface area contributed by atoms with E-state index in [0.717, 1.165) is 32.1 Å². The zero-order valence-electron chi connectivity index (χ0n) is 17.6. The van der Waals surface area contributed by atoms with Gasteiger partial charge in [-0.25, -0.2) is 9.37 Å². The average Bonchev–Trinajstić information content (AvgIpc) is 3.06. The SMILES string of the molecule is COc1cc(F)c([C@H]2CC(=O)N(c3nc(N4CC5(COC5)C4)ccc3OC)C2)c(P)c1. The molecule has 3 aliphatic heterocycles. The monoisotopic (exact) mass is 445 g/mol. The molecule has 0 radical (unpaired) electrons. The molecule has 9 heteroatoms. The minimum absolute atomic E-state index is 0.0972. The Hall–Kier alpha value is -2.44. The van der Waals surface area contributed by atoms with Gasteiger partial charge in [0.25, 0.3) is 0 Å². The number of hydrogen-bond acceptors (Lipinski definition) is 6. The number of halogens is 1. The second kappa shape index (κ2) is 7.61. The maximum Gasteiger partial charge on any atom is 0.228 e. The summed E-state index contributed by atoms with van der Waals surface area (Å²) in [6.45, 7) is 3.73. The van der Waals surface area contributed by atoms with Crippen LogP contribution >= 0.6 is 9.24 Å². The summed E-state index contributed by atoms with van der Waals surface area (Å²) in [5, 5.41) is 0.693. The van der Waals surface area contributed by atoms with E-state index in [4.69, 9.17) is 19.2 Å². The van der Waals surface area contributed by atoms with Gasteiger partial charge in [-0.05, 0) is 23.5 Å². The third-order valence-electron chi connectivity index (χ3n) is 6.40. The third kappa shape index (κ3) is 3.42. The Bertz CT molecular complexity index is 1010. The lowest BCUT2D eigenvalue weighted by Crippen LogP contribution is -2.66. The zero-order valence-corrected chi connectivity index (χ0v) is 18.7. The van der Waals surface area contributed by atoms with E-state index in [-0.39, 0.29) is 29.5 Å². The molecule has 0 N–H and O–H groups in total. The van der Waals surface area contributed by atoms with Crippen LogP contribution in [0.4, 0.5) is 16.0 Å². The van der Waals surface area contributed by atoms with E-state index in [1.165, 1.54) is 13.2 Å². The molecule has 1 unspecified atom stereocenters. The van der Waals surface area contributed by atoms with Crippen molar-refractivity contribution in [2.45, 2.75) is 12.3 Å². The summed E-state index contributed by atoms with van der Waals surface area (Å²) < 4.78 is 30.8. The molecule has 1 amide bonds. The number of anilines is 2. The summed E-state index contributed by atoms with van der Waals surface area (Å²) in [5.41, 5.74) is 0.781.